The zero-order valence-corrected chi connectivity index (χ0v) is 11.6. The Balaban J connectivity index is 3.01. The van der Waals surface area contributed by atoms with Gasteiger partial charge in [0.2, 0.25) is 10.0 Å². The van der Waals surface area contributed by atoms with Gasteiger partial charge in [0.25, 0.3) is 5.92 Å². The highest BCUT2D eigenvalue weighted by molar-refractivity contribution is 7.89. The number of benzene rings is 1. The van der Waals surface area contributed by atoms with E-state index in [-0.39, 0.29) is 15.7 Å². The van der Waals surface area contributed by atoms with Crippen LogP contribution in [0.3, 0.4) is 0 Å². The molecular formula is C10H13ClF2N2O3S. The second kappa shape index (κ2) is 6.00. The van der Waals surface area contributed by atoms with Crippen molar-refractivity contribution in [1.29, 1.82) is 0 Å². The van der Waals surface area contributed by atoms with Crippen molar-refractivity contribution < 1.29 is 21.9 Å². The number of hydrogen-bond donors (Lipinski definition) is 2. The highest BCUT2D eigenvalue weighted by atomic mass is 35.5. The molecule has 3 N–H and O–H groups in total. The molecule has 19 heavy (non-hydrogen) atoms. The van der Waals surface area contributed by atoms with Crippen LogP contribution in [0.15, 0.2) is 23.1 Å². The van der Waals surface area contributed by atoms with Gasteiger partial charge in [-0.2, -0.15) is 0 Å². The summed E-state index contributed by atoms with van der Waals surface area (Å²) in [6, 6.07) is 3.76. The van der Waals surface area contributed by atoms with E-state index < -0.39 is 29.0 Å². The van der Waals surface area contributed by atoms with E-state index in [4.69, 9.17) is 22.1 Å². The lowest BCUT2D eigenvalue weighted by atomic mass is 10.3. The number of methoxy groups -OCH3 is 1. The van der Waals surface area contributed by atoms with Gasteiger partial charge in [0, 0.05) is 11.1 Å². The minimum Gasteiger partial charge on any atom is -0.495 e. The SMILES string of the molecule is COc1cc(Cl)ccc1S(=O)(=O)NCC(F)(F)CN. The Hall–Kier alpha value is -0.960. The van der Waals surface area contributed by atoms with Gasteiger partial charge in [-0.25, -0.2) is 21.9 Å². The molecule has 0 aromatic heterocycles. The lowest BCUT2D eigenvalue weighted by Crippen LogP contribution is -2.41. The number of hydrogen-bond acceptors (Lipinski definition) is 4. The maximum atomic E-state index is 12.9. The Kier molecular flexibility index (Phi) is 5.08. The second-order valence-electron chi connectivity index (χ2n) is 3.68. The lowest BCUT2D eigenvalue weighted by Gasteiger charge is -2.16. The van der Waals surface area contributed by atoms with Gasteiger partial charge in [-0.05, 0) is 12.1 Å². The standard InChI is InChI=1S/C10H13ClF2N2O3S/c1-18-8-4-7(11)2-3-9(8)19(16,17)15-6-10(12,13)5-14/h2-4,15H,5-6,14H2,1H3. The second-order valence-corrected chi connectivity index (χ2v) is 5.85. The van der Waals surface area contributed by atoms with Gasteiger partial charge >= 0.3 is 0 Å². The van der Waals surface area contributed by atoms with Crippen LogP contribution in [0.4, 0.5) is 8.78 Å². The summed E-state index contributed by atoms with van der Waals surface area (Å²) < 4.78 is 56.3. The fourth-order valence-corrected chi connectivity index (χ4v) is 2.59. The molecular weight excluding hydrogens is 302 g/mol. The zero-order valence-electron chi connectivity index (χ0n) is 9.99. The highest BCUT2D eigenvalue weighted by Crippen LogP contribution is 2.27. The first-order valence-corrected chi connectivity index (χ1v) is 6.99. The number of ether oxygens (including phenoxy) is 1. The van der Waals surface area contributed by atoms with Gasteiger partial charge in [-0.3, -0.25) is 0 Å². The quantitative estimate of drug-likeness (QED) is 0.827. The predicted molar refractivity (Wildman–Crippen MR) is 67.2 cm³/mol. The smallest absolute Gasteiger partial charge is 0.273 e. The first-order chi connectivity index (χ1) is 8.72. The van der Waals surface area contributed by atoms with Crippen LogP contribution >= 0.6 is 11.6 Å². The summed E-state index contributed by atoms with van der Waals surface area (Å²) in [5, 5.41) is 0.267. The number of halogens is 3. The number of rotatable bonds is 6. The van der Waals surface area contributed by atoms with E-state index in [1.54, 1.807) is 4.72 Å². The largest absolute Gasteiger partial charge is 0.495 e. The van der Waals surface area contributed by atoms with Crippen LogP contribution < -0.4 is 15.2 Å². The molecule has 0 heterocycles. The summed E-state index contributed by atoms with van der Waals surface area (Å²) in [6.07, 6.45) is 0. The monoisotopic (exact) mass is 314 g/mol. The van der Waals surface area contributed by atoms with Crippen molar-refractivity contribution >= 4 is 21.6 Å². The molecule has 0 bridgehead atoms. The molecule has 0 atom stereocenters. The van der Waals surface area contributed by atoms with Crippen LogP contribution in [0.1, 0.15) is 0 Å². The molecule has 108 valence electrons. The van der Waals surface area contributed by atoms with E-state index in [0.29, 0.717) is 0 Å². The molecule has 0 aliphatic heterocycles. The molecule has 0 radical (unpaired) electrons. The molecule has 1 aromatic rings. The Morgan fingerprint density at radius 3 is 2.63 bits per heavy atom. The molecule has 1 aromatic carbocycles. The molecule has 0 aliphatic rings. The Morgan fingerprint density at radius 2 is 2.11 bits per heavy atom. The molecule has 9 heteroatoms. The van der Waals surface area contributed by atoms with Gasteiger partial charge < -0.3 is 10.5 Å². The average molecular weight is 315 g/mol. The average Bonchev–Trinajstić information content (AvgIpc) is 2.36. The van der Waals surface area contributed by atoms with Crippen LogP contribution in [-0.2, 0) is 10.0 Å². The van der Waals surface area contributed by atoms with Crippen molar-refractivity contribution in [3.63, 3.8) is 0 Å². The third-order valence-corrected chi connectivity index (χ3v) is 3.91. The Bertz CT molecular complexity index is 552. The van der Waals surface area contributed by atoms with Crippen LogP contribution in [-0.4, -0.2) is 34.5 Å². The molecule has 5 nitrogen and oxygen atoms in total. The molecule has 1 rings (SSSR count). The highest BCUT2D eigenvalue weighted by Gasteiger charge is 2.30. The minimum atomic E-state index is -4.13. The first-order valence-electron chi connectivity index (χ1n) is 5.13. The van der Waals surface area contributed by atoms with E-state index in [0.717, 1.165) is 0 Å². The lowest BCUT2D eigenvalue weighted by molar-refractivity contribution is 0.0170. The van der Waals surface area contributed by atoms with Crippen LogP contribution in [0.2, 0.25) is 5.02 Å². The van der Waals surface area contributed by atoms with E-state index in [2.05, 4.69) is 0 Å². The molecule has 0 aliphatic carbocycles. The maximum absolute atomic E-state index is 12.9. The van der Waals surface area contributed by atoms with Crippen LogP contribution in [0.5, 0.6) is 5.75 Å². The fourth-order valence-electron chi connectivity index (χ4n) is 1.21. The Labute approximate surface area is 114 Å². The van der Waals surface area contributed by atoms with E-state index in [1.807, 2.05) is 0 Å². The third kappa shape index (κ3) is 4.27. The predicted octanol–water partition coefficient (Wildman–Crippen LogP) is 1.22. The number of nitrogens with one attached hydrogen (secondary N) is 1. The molecule has 0 fully saturated rings. The van der Waals surface area contributed by atoms with E-state index >= 15 is 0 Å². The fraction of sp³-hybridized carbons (Fsp3) is 0.400. The normalized spacial score (nSPS) is 12.5. The van der Waals surface area contributed by atoms with Gasteiger partial charge in [0.05, 0.1) is 20.2 Å². The number of alkyl halides is 2. The van der Waals surface area contributed by atoms with Crippen molar-refractivity contribution in [3.05, 3.63) is 23.2 Å². The van der Waals surface area contributed by atoms with E-state index in [1.165, 1.54) is 25.3 Å². The summed E-state index contributed by atoms with van der Waals surface area (Å²) in [7, 11) is -2.88. The minimum absolute atomic E-state index is 0.0314. The van der Waals surface area contributed by atoms with Crippen molar-refractivity contribution in [2.45, 2.75) is 10.8 Å². The van der Waals surface area contributed by atoms with Crippen molar-refractivity contribution in [3.8, 4) is 5.75 Å². The summed E-state index contributed by atoms with van der Waals surface area (Å²) in [5.74, 6) is -3.34. The maximum Gasteiger partial charge on any atom is 0.273 e. The molecule has 0 saturated heterocycles. The third-order valence-electron chi connectivity index (χ3n) is 2.23. The Morgan fingerprint density at radius 1 is 1.47 bits per heavy atom. The van der Waals surface area contributed by atoms with Crippen LogP contribution in [0, 0.1) is 0 Å². The summed E-state index contributed by atoms with van der Waals surface area (Å²) in [4.78, 5) is -0.271. The number of sulfonamides is 1. The molecule has 0 unspecified atom stereocenters. The summed E-state index contributed by atoms with van der Waals surface area (Å²) >= 11 is 5.69. The van der Waals surface area contributed by atoms with E-state index in [9.17, 15) is 17.2 Å². The van der Waals surface area contributed by atoms with Gasteiger partial charge in [0.1, 0.15) is 10.6 Å². The molecule has 0 saturated carbocycles. The topological polar surface area (TPSA) is 81.4 Å². The number of nitrogens with two attached hydrogens (primary N) is 1. The molecule has 0 spiro atoms. The first kappa shape index (κ1) is 16.1. The van der Waals surface area contributed by atoms with Crippen molar-refractivity contribution in [1.82, 2.24) is 4.72 Å². The van der Waals surface area contributed by atoms with Crippen LogP contribution in [0.25, 0.3) is 0 Å². The van der Waals surface area contributed by atoms with Crippen molar-refractivity contribution in [2.75, 3.05) is 20.2 Å². The zero-order chi connectivity index (χ0) is 14.7. The van der Waals surface area contributed by atoms with Gasteiger partial charge in [-0.1, -0.05) is 11.6 Å². The van der Waals surface area contributed by atoms with Gasteiger partial charge in [-0.15, -0.1) is 0 Å². The van der Waals surface area contributed by atoms with Crippen molar-refractivity contribution in [2.24, 2.45) is 5.73 Å². The summed E-state index contributed by atoms with van der Waals surface area (Å²) in [5.41, 5.74) is 4.82. The van der Waals surface area contributed by atoms with Gasteiger partial charge in [0.15, 0.2) is 0 Å². The molecule has 0 amide bonds. The summed E-state index contributed by atoms with van der Waals surface area (Å²) in [6.45, 7) is -2.04.